The molecule has 0 fully saturated rings. The third-order valence-corrected chi connectivity index (χ3v) is 7.43. The summed E-state index contributed by atoms with van der Waals surface area (Å²) in [5.74, 6) is 2.81. The number of carbonyl (C=O) groups is 1. The van der Waals surface area contributed by atoms with Crippen LogP contribution in [0.5, 0.6) is 5.75 Å². The smallest absolute Gasteiger partial charge is 0.246 e. The molecule has 2 aliphatic rings. The molecule has 198 valence electrons. The van der Waals surface area contributed by atoms with Crippen LogP contribution in [0, 0.1) is 6.92 Å². The molecule has 2 aromatic heterocycles. The number of nitrogens with one attached hydrogen (secondary N) is 1. The summed E-state index contributed by atoms with van der Waals surface area (Å²) in [5, 5.41) is 14.6. The maximum atomic E-state index is 12.7. The van der Waals surface area contributed by atoms with Crippen molar-refractivity contribution in [3.8, 4) is 17.1 Å². The summed E-state index contributed by atoms with van der Waals surface area (Å²) in [6, 6.07) is 12.5. The molecule has 0 atom stereocenters. The highest BCUT2D eigenvalue weighted by molar-refractivity contribution is 5.88. The average Bonchev–Trinajstić information content (AvgIpc) is 3.71. The van der Waals surface area contributed by atoms with E-state index in [0.717, 1.165) is 53.3 Å². The first-order valence-electron chi connectivity index (χ1n) is 13.2. The highest BCUT2D eigenvalue weighted by atomic mass is 16.5. The SMILES string of the molecule is C/C=C/C=C/C(=O)N1CCc2cc(-c3nn[nH]n3)c(OCc3nc(C4Cc5ccccc5C4)oc3C)cc2C1. The van der Waals surface area contributed by atoms with Crippen molar-refractivity contribution in [2.24, 2.45) is 0 Å². The molecule has 3 heterocycles. The lowest BCUT2D eigenvalue weighted by Crippen LogP contribution is -2.34. The Labute approximate surface area is 226 Å². The fourth-order valence-electron chi connectivity index (χ4n) is 5.34. The maximum absolute atomic E-state index is 12.7. The molecule has 0 saturated heterocycles. The number of hydrogen-bond donors (Lipinski definition) is 1. The minimum atomic E-state index is -0.0109. The number of amides is 1. The molecule has 6 rings (SSSR count). The predicted octanol–water partition coefficient (Wildman–Crippen LogP) is 4.64. The predicted molar refractivity (Wildman–Crippen MR) is 145 cm³/mol. The second-order valence-corrected chi connectivity index (χ2v) is 9.96. The zero-order chi connectivity index (χ0) is 26.8. The summed E-state index contributed by atoms with van der Waals surface area (Å²) in [6.07, 6.45) is 9.71. The van der Waals surface area contributed by atoms with E-state index in [1.165, 1.54) is 11.1 Å². The third-order valence-electron chi connectivity index (χ3n) is 7.43. The van der Waals surface area contributed by atoms with Crippen LogP contribution in [-0.4, -0.2) is 43.0 Å². The summed E-state index contributed by atoms with van der Waals surface area (Å²) >= 11 is 0. The Bertz CT molecular complexity index is 1530. The van der Waals surface area contributed by atoms with E-state index in [1.807, 2.05) is 43.0 Å². The molecule has 0 radical (unpaired) electrons. The lowest BCUT2D eigenvalue weighted by atomic mass is 9.96. The van der Waals surface area contributed by atoms with Crippen molar-refractivity contribution in [2.45, 2.75) is 52.2 Å². The van der Waals surface area contributed by atoms with Gasteiger partial charge in [0, 0.05) is 25.1 Å². The molecule has 0 bridgehead atoms. The van der Waals surface area contributed by atoms with Gasteiger partial charge >= 0.3 is 0 Å². The topological polar surface area (TPSA) is 110 Å². The van der Waals surface area contributed by atoms with E-state index in [4.69, 9.17) is 14.1 Å². The maximum Gasteiger partial charge on any atom is 0.246 e. The number of ether oxygens (including phenoxy) is 1. The van der Waals surface area contributed by atoms with Gasteiger partial charge in [-0.3, -0.25) is 4.79 Å². The minimum Gasteiger partial charge on any atom is -0.486 e. The van der Waals surface area contributed by atoms with Crippen molar-refractivity contribution in [2.75, 3.05) is 6.54 Å². The number of H-pyrrole nitrogens is 1. The molecule has 1 amide bonds. The Balaban J connectivity index is 1.23. The summed E-state index contributed by atoms with van der Waals surface area (Å²) in [4.78, 5) is 19.4. The lowest BCUT2D eigenvalue weighted by molar-refractivity contribution is -0.126. The van der Waals surface area contributed by atoms with E-state index in [0.29, 0.717) is 24.7 Å². The second-order valence-electron chi connectivity index (χ2n) is 9.96. The van der Waals surface area contributed by atoms with Gasteiger partial charge in [0.15, 0.2) is 5.89 Å². The Morgan fingerprint density at radius 3 is 2.72 bits per heavy atom. The highest BCUT2D eigenvalue weighted by Crippen LogP contribution is 2.36. The summed E-state index contributed by atoms with van der Waals surface area (Å²) in [5.41, 5.74) is 6.42. The van der Waals surface area contributed by atoms with Crippen molar-refractivity contribution in [3.63, 3.8) is 0 Å². The third kappa shape index (κ3) is 5.12. The monoisotopic (exact) mass is 522 g/mol. The van der Waals surface area contributed by atoms with Crippen LogP contribution in [0.2, 0.25) is 0 Å². The number of hydrogen-bond acceptors (Lipinski definition) is 7. The molecule has 0 saturated carbocycles. The van der Waals surface area contributed by atoms with Crippen molar-refractivity contribution in [3.05, 3.63) is 100 Å². The average molecular weight is 523 g/mol. The molecule has 0 spiro atoms. The number of tetrazole rings is 1. The Hall–Kier alpha value is -4.53. The molecule has 9 heteroatoms. The molecular formula is C30H30N6O3. The summed E-state index contributed by atoms with van der Waals surface area (Å²) in [6.45, 7) is 5.24. The number of fused-ring (bicyclic) bond motifs is 2. The molecule has 39 heavy (non-hydrogen) atoms. The van der Waals surface area contributed by atoms with Crippen molar-refractivity contribution in [1.29, 1.82) is 0 Å². The molecular weight excluding hydrogens is 492 g/mol. The van der Waals surface area contributed by atoms with Gasteiger partial charge in [0.2, 0.25) is 11.7 Å². The van der Waals surface area contributed by atoms with Crippen LogP contribution < -0.4 is 4.74 Å². The fraction of sp³-hybridized carbons (Fsp3) is 0.300. The Morgan fingerprint density at radius 1 is 1.15 bits per heavy atom. The van der Waals surface area contributed by atoms with Crippen LogP contribution in [0.1, 0.15) is 52.4 Å². The number of aromatic nitrogens is 5. The lowest BCUT2D eigenvalue weighted by Gasteiger charge is -2.29. The summed E-state index contributed by atoms with van der Waals surface area (Å²) < 4.78 is 12.4. The molecule has 9 nitrogen and oxygen atoms in total. The molecule has 1 aliphatic heterocycles. The number of rotatable bonds is 7. The number of benzene rings is 2. The molecule has 4 aromatic rings. The zero-order valence-electron chi connectivity index (χ0n) is 22.1. The van der Waals surface area contributed by atoms with Crippen molar-refractivity contribution < 1.29 is 13.9 Å². The number of aryl methyl sites for hydroxylation is 1. The number of aromatic amines is 1. The van der Waals surface area contributed by atoms with Crippen molar-refractivity contribution >= 4 is 5.91 Å². The standard InChI is InChI=1S/C30H30N6O3/c1-3-4-5-10-28(37)36-12-11-22-15-25(29-32-34-35-33-29)27(16-24(22)17-36)38-18-26-19(2)39-30(31-26)23-13-20-8-6-7-9-21(20)14-23/h3-10,15-16,23H,11-14,17-18H2,1-2H3,(H,32,33,34,35)/b4-3+,10-5+. The number of carbonyl (C=O) groups excluding carboxylic acids is 1. The van der Waals surface area contributed by atoms with Crippen LogP contribution in [0.15, 0.2) is 65.1 Å². The van der Waals surface area contributed by atoms with E-state index in [2.05, 4.69) is 44.9 Å². The van der Waals surface area contributed by atoms with Crippen LogP contribution in [0.25, 0.3) is 11.4 Å². The number of nitrogens with zero attached hydrogens (tertiary/aromatic N) is 5. The molecule has 1 aliphatic carbocycles. The molecule has 2 aromatic carbocycles. The van der Waals surface area contributed by atoms with Crippen LogP contribution in [0.4, 0.5) is 0 Å². The molecule has 0 unspecified atom stereocenters. The van der Waals surface area contributed by atoms with Gasteiger partial charge in [-0.15, -0.1) is 10.2 Å². The first kappa shape index (κ1) is 24.8. The first-order chi connectivity index (χ1) is 19.1. The molecule has 1 N–H and O–H groups in total. The van der Waals surface area contributed by atoms with Gasteiger partial charge in [-0.1, -0.05) is 42.5 Å². The van der Waals surface area contributed by atoms with E-state index in [9.17, 15) is 4.79 Å². The van der Waals surface area contributed by atoms with Crippen LogP contribution >= 0.6 is 0 Å². The first-order valence-corrected chi connectivity index (χ1v) is 13.2. The fourth-order valence-corrected chi connectivity index (χ4v) is 5.34. The van der Waals surface area contributed by atoms with E-state index in [1.54, 1.807) is 12.2 Å². The quantitative estimate of drug-likeness (QED) is 0.278. The van der Waals surface area contributed by atoms with E-state index in [-0.39, 0.29) is 18.4 Å². The normalized spacial score (nSPS) is 15.3. The zero-order valence-corrected chi connectivity index (χ0v) is 22.1. The number of allylic oxidation sites excluding steroid dienone is 3. The van der Waals surface area contributed by atoms with Crippen LogP contribution in [0.3, 0.4) is 0 Å². The van der Waals surface area contributed by atoms with Gasteiger partial charge in [-0.25, -0.2) is 4.98 Å². The summed E-state index contributed by atoms with van der Waals surface area (Å²) in [7, 11) is 0. The highest BCUT2D eigenvalue weighted by Gasteiger charge is 2.28. The van der Waals surface area contributed by atoms with Gasteiger partial charge in [0.05, 0.1) is 5.56 Å². The Kier molecular flexibility index (Phi) is 6.79. The van der Waals surface area contributed by atoms with Gasteiger partial charge in [0.1, 0.15) is 23.8 Å². The number of oxazole rings is 1. The van der Waals surface area contributed by atoms with E-state index >= 15 is 0 Å². The van der Waals surface area contributed by atoms with Crippen LogP contribution in [-0.2, 0) is 37.2 Å². The van der Waals surface area contributed by atoms with Gasteiger partial charge in [0.25, 0.3) is 0 Å². The minimum absolute atomic E-state index is 0.0109. The van der Waals surface area contributed by atoms with Crippen molar-refractivity contribution in [1.82, 2.24) is 30.5 Å². The van der Waals surface area contributed by atoms with Gasteiger partial charge < -0.3 is 14.1 Å². The Morgan fingerprint density at radius 2 is 1.97 bits per heavy atom. The van der Waals surface area contributed by atoms with Gasteiger partial charge in [-0.05, 0) is 72.7 Å². The van der Waals surface area contributed by atoms with E-state index < -0.39 is 0 Å². The second kappa shape index (κ2) is 10.7. The largest absolute Gasteiger partial charge is 0.486 e. The van der Waals surface area contributed by atoms with Gasteiger partial charge in [-0.2, -0.15) is 5.21 Å².